The van der Waals surface area contributed by atoms with E-state index < -0.39 is 26.5 Å². The molecule has 0 aromatic heterocycles. The first-order valence-electron chi connectivity index (χ1n) is 27.9. The van der Waals surface area contributed by atoms with Gasteiger partial charge in [-0.15, -0.1) is 0 Å². The number of phosphoric acid groups is 1. The summed E-state index contributed by atoms with van der Waals surface area (Å²) in [6.07, 6.45) is 54.6. The number of esters is 2. The SMILES string of the molecule is CCCCCCCCCC/C=C\CCCCCCCCCCCCCCCCCCCCCCCC(=O)OC(COC(=O)CCCCCCCCCC)COP(=O)(O)OCC[N+](C)(C)C. The monoisotopic (exact) mass is 943 g/mol. The van der Waals surface area contributed by atoms with Gasteiger partial charge in [-0.1, -0.05) is 238 Å². The number of carbonyl (C=O) groups excluding carboxylic acids is 2. The smallest absolute Gasteiger partial charge is 0.462 e. The minimum Gasteiger partial charge on any atom is -0.462 e. The number of likely N-dealkylation sites (N-methyl/N-ethyl adjacent to an activating group) is 1. The van der Waals surface area contributed by atoms with Crippen molar-refractivity contribution in [3.63, 3.8) is 0 Å². The molecule has 2 atom stereocenters. The van der Waals surface area contributed by atoms with Crippen LogP contribution >= 0.6 is 7.82 Å². The molecule has 0 aliphatic carbocycles. The lowest BCUT2D eigenvalue weighted by Gasteiger charge is -2.24. The largest absolute Gasteiger partial charge is 0.472 e. The molecule has 0 aromatic carbocycles. The van der Waals surface area contributed by atoms with Crippen LogP contribution in [0.15, 0.2) is 12.2 Å². The van der Waals surface area contributed by atoms with Gasteiger partial charge < -0.3 is 18.9 Å². The predicted octanol–water partition coefficient (Wildman–Crippen LogP) is 16.9. The van der Waals surface area contributed by atoms with Gasteiger partial charge in [0.15, 0.2) is 6.10 Å². The summed E-state index contributed by atoms with van der Waals surface area (Å²) in [5.74, 6) is -0.788. The number of allylic oxidation sites excluding steroid dienone is 2. The number of carbonyl (C=O) groups is 2. The van der Waals surface area contributed by atoms with E-state index >= 15 is 0 Å². The molecule has 10 heteroatoms. The summed E-state index contributed by atoms with van der Waals surface area (Å²) < 4.78 is 34.3. The van der Waals surface area contributed by atoms with Gasteiger partial charge in [0.1, 0.15) is 19.8 Å². The minimum absolute atomic E-state index is 0.0358. The molecule has 0 saturated carbocycles. The fourth-order valence-corrected chi connectivity index (χ4v) is 8.93. The van der Waals surface area contributed by atoms with Crippen LogP contribution in [0.2, 0.25) is 0 Å². The third kappa shape index (κ3) is 52.0. The van der Waals surface area contributed by atoms with E-state index in [1.54, 1.807) is 0 Å². The average Bonchev–Trinajstić information content (AvgIpc) is 3.26. The number of nitrogens with zero attached hydrogens (tertiary/aromatic N) is 1. The van der Waals surface area contributed by atoms with Gasteiger partial charge >= 0.3 is 19.8 Å². The lowest BCUT2D eigenvalue weighted by Crippen LogP contribution is -2.37. The standard InChI is InChI=1S/C55H108NO8P/c1-6-8-10-12-14-16-17-18-19-20-21-22-23-24-25-26-27-28-29-30-31-32-33-34-35-36-37-38-39-40-42-44-46-48-55(58)64-53(52-63-65(59,60)62-50-49-56(3,4)5)51-61-54(57)47-45-43-41-15-13-11-9-7-2/h20-21,53H,6-19,22-52H2,1-5H3/p+1/b21-20-. The molecule has 0 aliphatic rings. The van der Waals surface area contributed by atoms with Crippen LogP contribution in [0.4, 0.5) is 0 Å². The second-order valence-corrected chi connectivity index (χ2v) is 21.8. The Labute approximate surface area is 403 Å². The average molecular weight is 943 g/mol. The van der Waals surface area contributed by atoms with Crippen molar-refractivity contribution in [1.82, 2.24) is 0 Å². The Balaban J connectivity index is 3.87. The van der Waals surface area contributed by atoms with Crippen LogP contribution in [-0.2, 0) is 32.7 Å². The van der Waals surface area contributed by atoms with Crippen molar-refractivity contribution in [3.05, 3.63) is 12.2 Å². The highest BCUT2D eigenvalue weighted by molar-refractivity contribution is 7.47. The van der Waals surface area contributed by atoms with Crippen LogP contribution in [0.3, 0.4) is 0 Å². The fourth-order valence-electron chi connectivity index (χ4n) is 8.19. The van der Waals surface area contributed by atoms with E-state index in [1.807, 2.05) is 21.1 Å². The van der Waals surface area contributed by atoms with E-state index in [9.17, 15) is 19.0 Å². The first kappa shape index (κ1) is 63.8. The van der Waals surface area contributed by atoms with Crippen LogP contribution in [0.1, 0.15) is 277 Å². The minimum atomic E-state index is -4.37. The van der Waals surface area contributed by atoms with Gasteiger partial charge in [0.25, 0.3) is 0 Å². The molecular weight excluding hydrogens is 834 g/mol. The first-order valence-corrected chi connectivity index (χ1v) is 29.4. The summed E-state index contributed by atoms with van der Waals surface area (Å²) in [7, 11) is 1.49. The lowest BCUT2D eigenvalue weighted by atomic mass is 10.0. The summed E-state index contributed by atoms with van der Waals surface area (Å²) in [6, 6.07) is 0. The van der Waals surface area contributed by atoms with E-state index in [0.29, 0.717) is 17.4 Å². The molecule has 0 spiro atoms. The molecule has 65 heavy (non-hydrogen) atoms. The second-order valence-electron chi connectivity index (χ2n) is 20.3. The molecule has 1 N–H and O–H groups in total. The zero-order valence-electron chi connectivity index (χ0n) is 43.8. The van der Waals surface area contributed by atoms with E-state index in [0.717, 1.165) is 38.5 Å². The van der Waals surface area contributed by atoms with Gasteiger partial charge in [0, 0.05) is 12.8 Å². The van der Waals surface area contributed by atoms with Gasteiger partial charge in [-0.3, -0.25) is 18.6 Å². The molecule has 0 aromatic rings. The molecule has 2 unspecified atom stereocenters. The Kier molecular flexibility index (Phi) is 46.9. The molecule has 386 valence electrons. The highest BCUT2D eigenvalue weighted by atomic mass is 31.2. The van der Waals surface area contributed by atoms with Crippen molar-refractivity contribution in [1.29, 1.82) is 0 Å². The quantitative estimate of drug-likeness (QED) is 0.0211. The maximum atomic E-state index is 12.7. The Morgan fingerprint density at radius 1 is 0.462 bits per heavy atom. The molecule has 0 saturated heterocycles. The van der Waals surface area contributed by atoms with Crippen molar-refractivity contribution in [2.24, 2.45) is 0 Å². The predicted molar refractivity (Wildman–Crippen MR) is 275 cm³/mol. The van der Waals surface area contributed by atoms with E-state index in [1.165, 1.54) is 212 Å². The number of hydrogen-bond acceptors (Lipinski definition) is 7. The molecule has 9 nitrogen and oxygen atoms in total. The van der Waals surface area contributed by atoms with Crippen molar-refractivity contribution >= 4 is 19.8 Å². The molecule has 0 fully saturated rings. The molecule has 0 aliphatic heterocycles. The Hall–Kier alpha value is -1.25. The topological polar surface area (TPSA) is 108 Å². The molecule has 0 amide bonds. The van der Waals surface area contributed by atoms with Gasteiger partial charge in [-0.05, 0) is 38.5 Å². The fraction of sp³-hybridized carbons (Fsp3) is 0.927. The molecular formula is C55H109NO8P+. The van der Waals surface area contributed by atoms with Gasteiger partial charge in [-0.25, -0.2) is 4.57 Å². The zero-order valence-corrected chi connectivity index (χ0v) is 44.6. The normalized spacial score (nSPS) is 13.4. The van der Waals surface area contributed by atoms with E-state index in [-0.39, 0.29) is 25.6 Å². The van der Waals surface area contributed by atoms with Crippen molar-refractivity contribution in [2.45, 2.75) is 283 Å². The number of hydrogen-bond donors (Lipinski definition) is 1. The summed E-state index contributed by atoms with van der Waals surface area (Å²) >= 11 is 0. The summed E-state index contributed by atoms with van der Waals surface area (Å²) in [6.45, 7) is 4.43. The van der Waals surface area contributed by atoms with Gasteiger partial charge in [-0.2, -0.15) is 0 Å². The number of rotatable bonds is 52. The third-order valence-electron chi connectivity index (χ3n) is 12.5. The number of phosphoric ester groups is 1. The lowest BCUT2D eigenvalue weighted by molar-refractivity contribution is -0.870. The molecule has 0 bridgehead atoms. The summed E-state index contributed by atoms with van der Waals surface area (Å²) in [5.41, 5.74) is 0. The number of unbranched alkanes of at least 4 members (excludes halogenated alkanes) is 36. The third-order valence-corrected chi connectivity index (χ3v) is 13.5. The summed E-state index contributed by atoms with van der Waals surface area (Å²) in [5, 5.41) is 0. The van der Waals surface area contributed by atoms with Gasteiger partial charge in [0.2, 0.25) is 0 Å². The van der Waals surface area contributed by atoms with Gasteiger partial charge in [0.05, 0.1) is 27.7 Å². The number of quaternary nitrogens is 1. The Morgan fingerprint density at radius 3 is 1.14 bits per heavy atom. The first-order chi connectivity index (χ1) is 31.5. The maximum absolute atomic E-state index is 12.7. The van der Waals surface area contributed by atoms with Crippen LogP contribution in [0, 0.1) is 0 Å². The van der Waals surface area contributed by atoms with Crippen LogP contribution in [0.5, 0.6) is 0 Å². The molecule has 0 radical (unpaired) electrons. The molecule has 0 heterocycles. The highest BCUT2D eigenvalue weighted by Crippen LogP contribution is 2.43. The zero-order chi connectivity index (χ0) is 47.8. The van der Waals surface area contributed by atoms with Crippen molar-refractivity contribution in [2.75, 3.05) is 47.5 Å². The van der Waals surface area contributed by atoms with Crippen molar-refractivity contribution in [3.8, 4) is 0 Å². The summed E-state index contributed by atoms with van der Waals surface area (Å²) in [4.78, 5) is 35.4. The van der Waals surface area contributed by atoms with Crippen LogP contribution < -0.4 is 0 Å². The Morgan fingerprint density at radius 2 is 0.785 bits per heavy atom. The second kappa shape index (κ2) is 47.8. The van der Waals surface area contributed by atoms with Crippen molar-refractivity contribution < 1.29 is 42.1 Å². The number of ether oxygens (including phenoxy) is 2. The highest BCUT2D eigenvalue weighted by Gasteiger charge is 2.27. The maximum Gasteiger partial charge on any atom is 0.472 e. The van der Waals surface area contributed by atoms with Crippen LogP contribution in [-0.4, -0.2) is 74.9 Å². The van der Waals surface area contributed by atoms with Crippen LogP contribution in [0.25, 0.3) is 0 Å². The Bertz CT molecular complexity index is 1110. The molecule has 0 rings (SSSR count). The van der Waals surface area contributed by atoms with E-state index in [2.05, 4.69) is 26.0 Å². The van der Waals surface area contributed by atoms with E-state index in [4.69, 9.17) is 18.5 Å².